The topological polar surface area (TPSA) is 40.5 Å². The zero-order valence-corrected chi connectivity index (χ0v) is 11.9. The van der Waals surface area contributed by atoms with Gasteiger partial charge < -0.3 is 10.2 Å². The van der Waals surface area contributed by atoms with Crippen LogP contribution in [0.4, 0.5) is 0 Å². The van der Waals surface area contributed by atoms with Gasteiger partial charge in [-0.3, -0.25) is 0 Å². The van der Waals surface area contributed by atoms with E-state index in [2.05, 4.69) is 0 Å². The maximum atomic E-state index is 9.68. The minimum Gasteiger partial charge on any atom is -0.386 e. The van der Waals surface area contributed by atoms with E-state index < -0.39 is 12.2 Å². The molecular formula is C12H8Cl4O2. The Hall–Kier alpha value is -0.220. The number of halogens is 4. The van der Waals surface area contributed by atoms with Crippen LogP contribution in [0, 0.1) is 0 Å². The van der Waals surface area contributed by atoms with Gasteiger partial charge in [0.05, 0.1) is 20.1 Å². The van der Waals surface area contributed by atoms with Crippen molar-refractivity contribution in [2.24, 2.45) is 0 Å². The Morgan fingerprint density at radius 2 is 1.67 bits per heavy atom. The predicted octanol–water partition coefficient (Wildman–Crippen LogP) is 3.80. The Morgan fingerprint density at radius 3 is 2.33 bits per heavy atom. The molecule has 0 amide bonds. The lowest BCUT2D eigenvalue weighted by Crippen LogP contribution is -2.28. The van der Waals surface area contributed by atoms with E-state index in [1.54, 1.807) is 18.2 Å². The van der Waals surface area contributed by atoms with E-state index in [1.165, 1.54) is 6.08 Å². The fourth-order valence-electron chi connectivity index (χ4n) is 1.66. The standard InChI is InChI=1S/C12H8Cl4O2/c13-7-3-1-2-5(9(7)14)6-4-8(17)12(18)11(16)10(6)15/h1-4,8,12,17-18H. The summed E-state index contributed by atoms with van der Waals surface area (Å²) in [6, 6.07) is 5.05. The molecule has 1 aliphatic carbocycles. The van der Waals surface area contributed by atoms with Crippen molar-refractivity contribution in [1.82, 2.24) is 0 Å². The first-order chi connectivity index (χ1) is 8.43. The smallest absolute Gasteiger partial charge is 0.120 e. The molecule has 6 heteroatoms. The number of aliphatic hydroxyl groups excluding tert-OH is 2. The summed E-state index contributed by atoms with van der Waals surface area (Å²) in [6.07, 6.45) is -0.956. The average Bonchev–Trinajstić information content (AvgIpc) is 2.35. The maximum Gasteiger partial charge on any atom is 0.120 e. The number of hydrogen-bond donors (Lipinski definition) is 2. The predicted molar refractivity (Wildman–Crippen MR) is 75.2 cm³/mol. The Labute approximate surface area is 124 Å². The summed E-state index contributed by atoms with van der Waals surface area (Å²) in [5.41, 5.74) is 1.00. The largest absolute Gasteiger partial charge is 0.386 e. The number of hydrogen-bond acceptors (Lipinski definition) is 2. The summed E-state index contributed by atoms with van der Waals surface area (Å²) >= 11 is 23.9. The van der Waals surface area contributed by atoms with Crippen LogP contribution in [0.5, 0.6) is 0 Å². The van der Waals surface area contributed by atoms with Gasteiger partial charge in [-0.2, -0.15) is 0 Å². The molecule has 0 fully saturated rings. The van der Waals surface area contributed by atoms with Crippen LogP contribution >= 0.6 is 46.4 Å². The molecule has 2 rings (SSSR count). The van der Waals surface area contributed by atoms with Gasteiger partial charge in [0.2, 0.25) is 0 Å². The second-order valence-electron chi connectivity index (χ2n) is 3.78. The van der Waals surface area contributed by atoms with E-state index in [9.17, 15) is 10.2 Å². The first kappa shape index (κ1) is 14.2. The minimum absolute atomic E-state index is 0.0160. The molecule has 18 heavy (non-hydrogen) atoms. The lowest BCUT2D eigenvalue weighted by molar-refractivity contribution is 0.0767. The quantitative estimate of drug-likeness (QED) is 0.824. The molecule has 0 saturated heterocycles. The third kappa shape index (κ3) is 2.42. The monoisotopic (exact) mass is 324 g/mol. The van der Waals surface area contributed by atoms with Crippen LogP contribution in [0.1, 0.15) is 5.56 Å². The van der Waals surface area contributed by atoms with Crippen molar-refractivity contribution in [3.05, 3.63) is 49.9 Å². The average molecular weight is 326 g/mol. The van der Waals surface area contributed by atoms with Crippen molar-refractivity contribution in [3.8, 4) is 0 Å². The van der Waals surface area contributed by atoms with Crippen molar-refractivity contribution in [2.75, 3.05) is 0 Å². The zero-order chi connectivity index (χ0) is 13.4. The van der Waals surface area contributed by atoms with Gasteiger partial charge in [0.25, 0.3) is 0 Å². The zero-order valence-electron chi connectivity index (χ0n) is 8.87. The molecule has 1 aromatic carbocycles. The normalized spacial score (nSPS) is 24.2. The Balaban J connectivity index is 2.58. The van der Waals surface area contributed by atoms with Crippen LogP contribution in [0.15, 0.2) is 34.3 Å². The summed E-state index contributed by atoms with van der Waals surface area (Å²) in [6.45, 7) is 0. The third-order valence-corrected chi connectivity index (χ3v) is 4.34. The molecule has 2 atom stereocenters. The van der Waals surface area contributed by atoms with Crippen molar-refractivity contribution >= 4 is 52.0 Å². The summed E-state index contributed by atoms with van der Waals surface area (Å²) in [7, 11) is 0. The summed E-state index contributed by atoms with van der Waals surface area (Å²) in [4.78, 5) is 0. The van der Waals surface area contributed by atoms with E-state index in [0.717, 1.165) is 0 Å². The molecule has 2 nitrogen and oxygen atoms in total. The van der Waals surface area contributed by atoms with Crippen LogP contribution < -0.4 is 0 Å². The molecule has 0 bridgehead atoms. The van der Waals surface area contributed by atoms with Crippen molar-refractivity contribution in [2.45, 2.75) is 12.2 Å². The highest BCUT2D eigenvalue weighted by atomic mass is 35.5. The second-order valence-corrected chi connectivity index (χ2v) is 5.35. The number of allylic oxidation sites excluding steroid dienone is 2. The van der Waals surface area contributed by atoms with Gasteiger partial charge in [-0.1, -0.05) is 58.5 Å². The molecule has 96 valence electrons. The molecule has 0 aliphatic heterocycles. The molecule has 0 heterocycles. The van der Waals surface area contributed by atoms with Crippen molar-refractivity contribution in [1.29, 1.82) is 0 Å². The van der Waals surface area contributed by atoms with E-state index >= 15 is 0 Å². The van der Waals surface area contributed by atoms with Gasteiger partial charge in [0, 0.05) is 11.1 Å². The Kier molecular flexibility index (Phi) is 4.27. The van der Waals surface area contributed by atoms with E-state index in [-0.39, 0.29) is 10.1 Å². The fraction of sp³-hybridized carbons (Fsp3) is 0.167. The van der Waals surface area contributed by atoms with Gasteiger partial charge in [-0.15, -0.1) is 0 Å². The molecule has 1 aromatic rings. The fourth-order valence-corrected chi connectivity index (χ4v) is 2.57. The highest BCUT2D eigenvalue weighted by molar-refractivity contribution is 6.47. The van der Waals surface area contributed by atoms with E-state index in [4.69, 9.17) is 46.4 Å². The molecule has 0 saturated carbocycles. The highest BCUT2D eigenvalue weighted by Crippen LogP contribution is 2.41. The Bertz CT molecular complexity index is 551. The SMILES string of the molecule is OC1C=C(c2cccc(Cl)c2Cl)C(Cl)=C(Cl)C1O. The van der Waals surface area contributed by atoms with Crippen LogP contribution in [0.2, 0.25) is 10.0 Å². The maximum absolute atomic E-state index is 9.68. The Morgan fingerprint density at radius 1 is 1.00 bits per heavy atom. The van der Waals surface area contributed by atoms with Crippen LogP contribution in [0.25, 0.3) is 5.57 Å². The van der Waals surface area contributed by atoms with Crippen LogP contribution in [-0.2, 0) is 0 Å². The lowest BCUT2D eigenvalue weighted by Gasteiger charge is -2.23. The molecule has 0 radical (unpaired) electrons. The first-order valence-corrected chi connectivity index (χ1v) is 6.52. The molecule has 0 aromatic heterocycles. The van der Waals surface area contributed by atoms with Gasteiger partial charge in [0.15, 0.2) is 0 Å². The van der Waals surface area contributed by atoms with Gasteiger partial charge in [-0.05, 0) is 12.1 Å². The van der Waals surface area contributed by atoms with Gasteiger partial charge in [0.1, 0.15) is 12.2 Å². The molecule has 0 spiro atoms. The number of benzene rings is 1. The van der Waals surface area contributed by atoms with Crippen LogP contribution in [0.3, 0.4) is 0 Å². The molecule has 2 N–H and O–H groups in total. The first-order valence-electron chi connectivity index (χ1n) is 5.01. The van der Waals surface area contributed by atoms with Gasteiger partial charge in [-0.25, -0.2) is 0 Å². The molecule has 2 unspecified atom stereocenters. The number of aliphatic hydroxyl groups is 2. The third-order valence-electron chi connectivity index (χ3n) is 2.61. The lowest BCUT2D eigenvalue weighted by atomic mass is 9.96. The molecular weight excluding hydrogens is 318 g/mol. The summed E-state index contributed by atoms with van der Waals surface area (Å²) in [5, 5.41) is 20.1. The minimum atomic E-state index is -1.22. The molecule has 1 aliphatic rings. The van der Waals surface area contributed by atoms with Crippen molar-refractivity contribution < 1.29 is 10.2 Å². The van der Waals surface area contributed by atoms with Crippen molar-refractivity contribution in [3.63, 3.8) is 0 Å². The van der Waals surface area contributed by atoms with E-state index in [1.807, 2.05) is 0 Å². The highest BCUT2D eigenvalue weighted by Gasteiger charge is 2.29. The van der Waals surface area contributed by atoms with Gasteiger partial charge >= 0.3 is 0 Å². The number of rotatable bonds is 1. The van der Waals surface area contributed by atoms with E-state index in [0.29, 0.717) is 21.2 Å². The summed E-state index contributed by atoms with van der Waals surface area (Å²) < 4.78 is 0. The summed E-state index contributed by atoms with van der Waals surface area (Å²) in [5.74, 6) is 0. The second kappa shape index (κ2) is 5.41. The van der Waals surface area contributed by atoms with Crippen LogP contribution in [-0.4, -0.2) is 22.4 Å².